The average Bonchev–Trinajstić information content (AvgIpc) is 2.85. The number of benzene rings is 1. The lowest BCUT2D eigenvalue weighted by atomic mass is 9.76. The number of amides is 2. The van der Waals surface area contributed by atoms with E-state index in [1.54, 1.807) is 0 Å². The minimum atomic E-state index is -10.1. The average molecular weight is 618 g/mol. The Kier molecular flexibility index (Phi) is 7.40. The number of aromatic nitrogens is 1. The summed E-state index contributed by atoms with van der Waals surface area (Å²) in [6.07, 6.45) is 0.470. The minimum Gasteiger partial charge on any atom is -0.365 e. The number of anilines is 1. The van der Waals surface area contributed by atoms with E-state index in [9.17, 15) is 47.3 Å². The summed E-state index contributed by atoms with van der Waals surface area (Å²) in [5, 5.41) is 13.2. The van der Waals surface area contributed by atoms with Crippen LogP contribution in [0.5, 0.6) is 0 Å². The van der Waals surface area contributed by atoms with Crippen molar-refractivity contribution in [3.63, 3.8) is 0 Å². The molecule has 3 atom stereocenters. The van der Waals surface area contributed by atoms with E-state index in [1.165, 1.54) is 0 Å². The van der Waals surface area contributed by atoms with E-state index < -0.39 is 81.0 Å². The van der Waals surface area contributed by atoms with Gasteiger partial charge < -0.3 is 15.2 Å². The smallest absolute Gasteiger partial charge is 0.310 e. The lowest BCUT2D eigenvalue weighted by Gasteiger charge is -2.46. The van der Waals surface area contributed by atoms with Crippen LogP contribution in [0.1, 0.15) is 50.1 Å². The van der Waals surface area contributed by atoms with Crippen LogP contribution in [0.25, 0.3) is 0 Å². The van der Waals surface area contributed by atoms with E-state index in [0.29, 0.717) is 17.0 Å². The molecular formula is C25H27F8N3O4S. The molecule has 0 spiro atoms. The second-order valence-electron chi connectivity index (χ2n) is 10.3. The fourth-order valence-electron chi connectivity index (χ4n) is 4.99. The number of methoxy groups -OCH3 is 1. The molecule has 2 saturated carbocycles. The highest BCUT2D eigenvalue weighted by molar-refractivity contribution is 8.45. The largest absolute Gasteiger partial charge is 0.365 e. The number of pyridine rings is 1. The number of carbonyl (C=O) groups excluding carboxylic acids is 2. The lowest BCUT2D eigenvalue weighted by molar-refractivity contribution is -0.263. The number of nitrogens with zero attached hydrogens (tertiary/aromatic N) is 2. The van der Waals surface area contributed by atoms with Gasteiger partial charge in [0.2, 0.25) is 17.7 Å². The van der Waals surface area contributed by atoms with Crippen LogP contribution in [0.4, 0.5) is 38.3 Å². The molecule has 1 aromatic heterocycles. The molecule has 1 aromatic carbocycles. The number of ether oxygens (including phenoxy) is 1. The summed E-state index contributed by atoms with van der Waals surface area (Å²) in [5.41, 5.74) is -0.723. The maximum atomic E-state index is 14.2. The molecule has 0 saturated heterocycles. The molecule has 0 bridgehead atoms. The van der Waals surface area contributed by atoms with Gasteiger partial charge in [0.15, 0.2) is 5.79 Å². The molecule has 2 fully saturated rings. The van der Waals surface area contributed by atoms with Crippen LogP contribution in [0.2, 0.25) is 0 Å². The Morgan fingerprint density at radius 3 is 2.15 bits per heavy atom. The van der Waals surface area contributed by atoms with E-state index in [-0.39, 0.29) is 43.4 Å². The molecule has 41 heavy (non-hydrogen) atoms. The molecule has 0 aliphatic heterocycles. The highest BCUT2D eigenvalue weighted by Crippen LogP contribution is 3.02. The standard InChI is InChI=1S/C25H27F8N3O4S/c1-40-25(39)11-8-20(25)23(38)36(18-2-4-19(5-3-18)41(29,30,31,32)33)21(15-12-16(26)14-34-13-15)22(37)35-17-6-9-24(27,28)10-7-17/h2-5,12-14,17,20-21,39H,6-11H2,1H3,(H,35,37). The van der Waals surface area contributed by atoms with Gasteiger partial charge in [-0.25, -0.2) is 13.2 Å². The van der Waals surface area contributed by atoms with Crippen LogP contribution >= 0.6 is 10.2 Å². The number of rotatable bonds is 8. The fraction of sp³-hybridized carbons (Fsp3) is 0.480. The van der Waals surface area contributed by atoms with Crippen LogP contribution in [-0.2, 0) is 14.3 Å². The van der Waals surface area contributed by atoms with Crippen molar-refractivity contribution in [2.45, 2.75) is 67.2 Å². The van der Waals surface area contributed by atoms with Crippen molar-refractivity contribution in [2.75, 3.05) is 12.0 Å². The van der Waals surface area contributed by atoms with E-state index in [2.05, 4.69) is 10.3 Å². The number of carbonyl (C=O) groups is 2. The fourth-order valence-corrected chi connectivity index (χ4v) is 5.64. The Hall–Kier alpha value is -2.98. The van der Waals surface area contributed by atoms with E-state index in [0.717, 1.165) is 25.6 Å². The number of nitrogens with one attached hydrogen (secondary N) is 1. The molecule has 2 N–H and O–H groups in total. The zero-order chi connectivity index (χ0) is 30.5. The number of alkyl halides is 2. The maximum Gasteiger partial charge on any atom is 0.310 e. The summed E-state index contributed by atoms with van der Waals surface area (Å²) >= 11 is 0. The third-order valence-corrected chi connectivity index (χ3v) is 8.56. The summed E-state index contributed by atoms with van der Waals surface area (Å²) in [6, 6.07) is -0.615. The van der Waals surface area contributed by atoms with Crippen LogP contribution in [0.3, 0.4) is 0 Å². The van der Waals surface area contributed by atoms with Gasteiger partial charge in [0.05, 0.1) is 12.1 Å². The van der Waals surface area contributed by atoms with Crippen molar-refractivity contribution >= 4 is 27.7 Å². The third kappa shape index (κ3) is 6.75. The summed E-state index contributed by atoms with van der Waals surface area (Å²) in [7, 11) is -9.01. The number of hydrogen-bond donors (Lipinski definition) is 2. The maximum absolute atomic E-state index is 14.2. The molecule has 1 heterocycles. The topological polar surface area (TPSA) is 91.8 Å². The summed E-state index contributed by atoms with van der Waals surface area (Å²) in [4.78, 5) is 29.5. The minimum absolute atomic E-state index is 0.00836. The van der Waals surface area contributed by atoms with Crippen molar-refractivity contribution in [1.82, 2.24) is 10.3 Å². The van der Waals surface area contributed by atoms with Gasteiger partial charge in [-0.05, 0) is 49.6 Å². The van der Waals surface area contributed by atoms with Crippen LogP contribution in [0.15, 0.2) is 47.6 Å². The normalized spacial score (nSPS) is 25.3. The van der Waals surface area contributed by atoms with Gasteiger partial charge >= 0.3 is 10.2 Å². The second kappa shape index (κ2) is 9.80. The molecular weight excluding hydrogens is 590 g/mol. The molecule has 228 valence electrons. The first-order valence-electron chi connectivity index (χ1n) is 12.5. The van der Waals surface area contributed by atoms with Gasteiger partial charge in [-0.1, -0.05) is 19.4 Å². The van der Waals surface area contributed by atoms with Crippen molar-refractivity contribution in [3.05, 3.63) is 54.1 Å². The van der Waals surface area contributed by atoms with Crippen molar-refractivity contribution in [2.24, 2.45) is 5.92 Å². The van der Waals surface area contributed by atoms with Gasteiger partial charge in [0, 0.05) is 49.9 Å². The molecule has 2 aliphatic rings. The van der Waals surface area contributed by atoms with Crippen LogP contribution in [0, 0.1) is 11.7 Å². The molecule has 16 heteroatoms. The Morgan fingerprint density at radius 2 is 1.66 bits per heavy atom. The van der Waals surface area contributed by atoms with Gasteiger partial charge in [-0.2, -0.15) is 0 Å². The van der Waals surface area contributed by atoms with Crippen molar-refractivity contribution in [3.8, 4) is 0 Å². The Labute approximate surface area is 229 Å². The number of aliphatic hydroxyl groups is 1. The Morgan fingerprint density at radius 1 is 1.05 bits per heavy atom. The quantitative estimate of drug-likeness (QED) is 0.265. The van der Waals surface area contributed by atoms with Gasteiger partial charge in [0.1, 0.15) is 16.8 Å². The molecule has 7 nitrogen and oxygen atoms in total. The first kappa shape index (κ1) is 31.0. The van der Waals surface area contributed by atoms with Crippen molar-refractivity contribution < 1.29 is 52.0 Å². The van der Waals surface area contributed by atoms with Gasteiger partial charge in [0.25, 0.3) is 0 Å². The Bertz CT molecular complexity index is 1320. The highest BCUT2D eigenvalue weighted by Gasteiger charge is 2.65. The van der Waals surface area contributed by atoms with Gasteiger partial charge in [-0.3, -0.25) is 19.5 Å². The predicted molar refractivity (Wildman–Crippen MR) is 132 cm³/mol. The molecule has 0 radical (unpaired) electrons. The Balaban J connectivity index is 1.80. The zero-order valence-electron chi connectivity index (χ0n) is 21.5. The summed E-state index contributed by atoms with van der Waals surface area (Å²) in [5.74, 6) is -9.28. The van der Waals surface area contributed by atoms with Crippen LogP contribution < -0.4 is 10.2 Å². The number of hydrogen-bond acceptors (Lipinski definition) is 5. The molecule has 3 unspecified atom stereocenters. The zero-order valence-corrected chi connectivity index (χ0v) is 22.3. The monoisotopic (exact) mass is 617 g/mol. The van der Waals surface area contributed by atoms with E-state index in [1.807, 2.05) is 0 Å². The molecule has 2 amide bonds. The second-order valence-corrected chi connectivity index (χ2v) is 12.7. The SMILES string of the molecule is COC1(O)CCC1C(=O)N(c1ccc(S(F)(F)(F)(F)F)cc1)C(C(=O)NC1CCC(F)(F)CC1)c1cncc(F)c1. The first-order valence-corrected chi connectivity index (χ1v) is 14.4. The summed E-state index contributed by atoms with van der Waals surface area (Å²) < 4.78 is 114. The predicted octanol–water partition coefficient (Wildman–Crippen LogP) is 6.39. The molecule has 2 aromatic rings. The number of halogens is 8. The van der Waals surface area contributed by atoms with Crippen LogP contribution in [-0.4, -0.2) is 46.8 Å². The molecule has 2 aliphatic carbocycles. The van der Waals surface area contributed by atoms with Crippen molar-refractivity contribution in [1.29, 1.82) is 0 Å². The van der Waals surface area contributed by atoms with Gasteiger partial charge in [-0.15, -0.1) is 0 Å². The lowest BCUT2D eigenvalue weighted by Crippen LogP contribution is -2.58. The molecule has 4 rings (SSSR count). The highest BCUT2D eigenvalue weighted by atomic mass is 32.5. The van der Waals surface area contributed by atoms with E-state index in [4.69, 9.17) is 4.74 Å². The first-order chi connectivity index (χ1) is 18.7. The third-order valence-electron chi connectivity index (χ3n) is 7.40. The summed E-state index contributed by atoms with van der Waals surface area (Å²) in [6.45, 7) is 0. The van der Waals surface area contributed by atoms with E-state index >= 15 is 0 Å².